The zero-order chi connectivity index (χ0) is 15.8. The molecule has 0 aliphatic carbocycles. The molecular formula is C16H30ClN3O3. The Labute approximate surface area is 144 Å². The highest BCUT2D eigenvalue weighted by atomic mass is 35.5. The number of nitrogens with zero attached hydrogens (tertiary/aromatic N) is 1. The zero-order valence-corrected chi connectivity index (χ0v) is 14.6. The molecule has 2 aliphatic heterocycles. The lowest BCUT2D eigenvalue weighted by Gasteiger charge is -2.27. The summed E-state index contributed by atoms with van der Waals surface area (Å²) in [4.78, 5) is 25.8. The van der Waals surface area contributed by atoms with Crippen molar-refractivity contribution >= 4 is 24.2 Å². The molecule has 23 heavy (non-hydrogen) atoms. The summed E-state index contributed by atoms with van der Waals surface area (Å²) in [5, 5.41) is 2.91. The van der Waals surface area contributed by atoms with Crippen LogP contribution >= 0.6 is 12.4 Å². The van der Waals surface area contributed by atoms with Gasteiger partial charge in [-0.25, -0.2) is 0 Å². The van der Waals surface area contributed by atoms with Crippen molar-refractivity contribution in [2.45, 2.75) is 51.0 Å². The molecule has 3 N–H and O–H groups in total. The van der Waals surface area contributed by atoms with Crippen LogP contribution in [0.5, 0.6) is 0 Å². The molecule has 2 fully saturated rings. The lowest BCUT2D eigenvalue weighted by molar-refractivity contribution is -0.130. The largest absolute Gasteiger partial charge is 0.381 e. The van der Waals surface area contributed by atoms with Crippen LogP contribution in [0.1, 0.15) is 44.9 Å². The van der Waals surface area contributed by atoms with Crippen LogP contribution in [0.25, 0.3) is 0 Å². The summed E-state index contributed by atoms with van der Waals surface area (Å²) in [5.41, 5.74) is 6.03. The highest BCUT2D eigenvalue weighted by Gasteiger charge is 2.26. The molecule has 0 bridgehead atoms. The third-order valence-corrected chi connectivity index (χ3v) is 4.65. The lowest BCUT2D eigenvalue weighted by Crippen LogP contribution is -2.47. The van der Waals surface area contributed by atoms with Gasteiger partial charge in [0.05, 0.1) is 6.04 Å². The third-order valence-electron chi connectivity index (χ3n) is 4.65. The minimum absolute atomic E-state index is 0. The Morgan fingerprint density at radius 1 is 1.30 bits per heavy atom. The van der Waals surface area contributed by atoms with Gasteiger partial charge in [0.2, 0.25) is 11.8 Å². The molecule has 2 amide bonds. The number of amides is 2. The summed E-state index contributed by atoms with van der Waals surface area (Å²) in [5.74, 6) is 0.401. The fourth-order valence-electron chi connectivity index (χ4n) is 3.16. The Morgan fingerprint density at radius 2 is 2.04 bits per heavy atom. The highest BCUT2D eigenvalue weighted by Crippen LogP contribution is 2.17. The number of rotatable bonds is 6. The molecule has 0 saturated carbocycles. The molecular weight excluding hydrogens is 318 g/mol. The molecule has 7 heteroatoms. The normalized spacial score (nSPS) is 21.3. The minimum Gasteiger partial charge on any atom is -0.381 e. The van der Waals surface area contributed by atoms with Gasteiger partial charge in [-0.05, 0) is 38.0 Å². The fraction of sp³-hybridized carbons (Fsp3) is 0.875. The van der Waals surface area contributed by atoms with Crippen LogP contribution in [0, 0.1) is 5.92 Å². The number of nitrogens with two attached hydrogens (primary N) is 1. The van der Waals surface area contributed by atoms with Crippen molar-refractivity contribution in [3.8, 4) is 0 Å². The molecule has 2 rings (SSSR count). The average Bonchev–Trinajstić information content (AvgIpc) is 2.76. The van der Waals surface area contributed by atoms with E-state index in [2.05, 4.69) is 5.32 Å². The molecule has 0 aromatic rings. The first-order valence-electron chi connectivity index (χ1n) is 8.57. The van der Waals surface area contributed by atoms with E-state index >= 15 is 0 Å². The summed E-state index contributed by atoms with van der Waals surface area (Å²) < 4.78 is 5.29. The quantitative estimate of drug-likeness (QED) is 0.704. The first kappa shape index (κ1) is 20.2. The maximum absolute atomic E-state index is 12.1. The van der Waals surface area contributed by atoms with Gasteiger partial charge in [-0.2, -0.15) is 0 Å². The van der Waals surface area contributed by atoms with E-state index in [-0.39, 0.29) is 30.1 Å². The molecule has 6 nitrogen and oxygen atoms in total. The number of hydrogen-bond donors (Lipinski definition) is 2. The Kier molecular flexibility index (Phi) is 9.52. The Balaban J connectivity index is 0.00000264. The first-order valence-corrected chi connectivity index (χ1v) is 8.57. The standard InChI is InChI=1S/C16H29N3O3.ClH/c17-15(13-6-11-22-12-7-13)16(21)18-8-4-10-19-9-3-1-2-5-14(19)20;/h13,15H,1-12,17H2,(H,18,21);1H. The van der Waals surface area contributed by atoms with Crippen LogP contribution in [-0.4, -0.2) is 55.6 Å². The van der Waals surface area contributed by atoms with E-state index < -0.39 is 6.04 Å². The maximum atomic E-state index is 12.1. The van der Waals surface area contributed by atoms with Crippen LogP contribution in [-0.2, 0) is 14.3 Å². The number of likely N-dealkylation sites (tertiary alicyclic amines) is 1. The SMILES string of the molecule is Cl.NC(C(=O)NCCCN1CCCCCC1=O)C1CCOCC1. The van der Waals surface area contributed by atoms with E-state index in [0.717, 1.165) is 51.6 Å². The van der Waals surface area contributed by atoms with Crippen LogP contribution in [0.4, 0.5) is 0 Å². The van der Waals surface area contributed by atoms with Gasteiger partial charge in [0.1, 0.15) is 0 Å². The van der Waals surface area contributed by atoms with E-state index in [9.17, 15) is 9.59 Å². The third kappa shape index (κ3) is 6.65. The van der Waals surface area contributed by atoms with Crippen LogP contribution in [0.3, 0.4) is 0 Å². The van der Waals surface area contributed by atoms with Crippen molar-refractivity contribution in [1.29, 1.82) is 0 Å². The number of carbonyl (C=O) groups is 2. The maximum Gasteiger partial charge on any atom is 0.237 e. The Bertz CT molecular complexity index is 376. The molecule has 0 spiro atoms. The predicted molar refractivity (Wildman–Crippen MR) is 91.4 cm³/mol. The molecule has 0 radical (unpaired) electrons. The summed E-state index contributed by atoms with van der Waals surface area (Å²) in [7, 11) is 0. The summed E-state index contributed by atoms with van der Waals surface area (Å²) in [6, 6.07) is -0.441. The van der Waals surface area contributed by atoms with Gasteiger partial charge < -0.3 is 20.7 Å². The second kappa shape index (κ2) is 10.8. The molecule has 2 heterocycles. The second-order valence-corrected chi connectivity index (χ2v) is 6.31. The summed E-state index contributed by atoms with van der Waals surface area (Å²) in [6.07, 6.45) is 6.41. The van der Waals surface area contributed by atoms with Crippen molar-refractivity contribution in [3.63, 3.8) is 0 Å². The molecule has 2 saturated heterocycles. The van der Waals surface area contributed by atoms with Crippen molar-refractivity contribution in [3.05, 3.63) is 0 Å². The smallest absolute Gasteiger partial charge is 0.237 e. The van der Waals surface area contributed by atoms with Crippen molar-refractivity contribution in [2.75, 3.05) is 32.8 Å². The molecule has 134 valence electrons. The van der Waals surface area contributed by atoms with Crippen molar-refractivity contribution in [2.24, 2.45) is 11.7 Å². The van der Waals surface area contributed by atoms with Gasteiger partial charge in [0.25, 0.3) is 0 Å². The van der Waals surface area contributed by atoms with Crippen molar-refractivity contribution in [1.82, 2.24) is 10.2 Å². The molecule has 0 aromatic heterocycles. The van der Waals surface area contributed by atoms with Gasteiger partial charge in [0.15, 0.2) is 0 Å². The molecule has 0 aromatic carbocycles. The van der Waals surface area contributed by atoms with Crippen LogP contribution < -0.4 is 11.1 Å². The van der Waals surface area contributed by atoms with E-state index in [1.807, 2.05) is 4.90 Å². The van der Waals surface area contributed by atoms with Gasteiger partial charge in [-0.1, -0.05) is 6.42 Å². The van der Waals surface area contributed by atoms with E-state index in [0.29, 0.717) is 26.2 Å². The molecule has 1 atom stereocenters. The predicted octanol–water partition coefficient (Wildman–Crippen LogP) is 1.07. The summed E-state index contributed by atoms with van der Waals surface area (Å²) in [6.45, 7) is 3.56. The minimum atomic E-state index is -0.441. The fourth-order valence-corrected chi connectivity index (χ4v) is 3.16. The number of ether oxygens (including phenoxy) is 1. The summed E-state index contributed by atoms with van der Waals surface area (Å²) >= 11 is 0. The van der Waals surface area contributed by atoms with Gasteiger partial charge in [-0.3, -0.25) is 9.59 Å². The van der Waals surface area contributed by atoms with Gasteiger partial charge in [-0.15, -0.1) is 12.4 Å². The van der Waals surface area contributed by atoms with Gasteiger partial charge in [0, 0.05) is 39.3 Å². The first-order chi connectivity index (χ1) is 10.7. The molecule has 2 aliphatic rings. The van der Waals surface area contributed by atoms with Crippen molar-refractivity contribution < 1.29 is 14.3 Å². The second-order valence-electron chi connectivity index (χ2n) is 6.31. The molecule has 1 unspecified atom stereocenters. The van der Waals surface area contributed by atoms with E-state index in [4.69, 9.17) is 10.5 Å². The number of halogens is 1. The van der Waals surface area contributed by atoms with Gasteiger partial charge >= 0.3 is 0 Å². The van der Waals surface area contributed by atoms with E-state index in [1.54, 1.807) is 0 Å². The Hall–Kier alpha value is -0.850. The Morgan fingerprint density at radius 3 is 2.78 bits per heavy atom. The number of nitrogens with one attached hydrogen (secondary N) is 1. The zero-order valence-electron chi connectivity index (χ0n) is 13.8. The number of hydrogen-bond acceptors (Lipinski definition) is 4. The van der Waals surface area contributed by atoms with E-state index in [1.165, 1.54) is 0 Å². The average molecular weight is 348 g/mol. The lowest BCUT2D eigenvalue weighted by atomic mass is 9.92. The van der Waals surface area contributed by atoms with Crippen LogP contribution in [0.2, 0.25) is 0 Å². The monoisotopic (exact) mass is 347 g/mol. The highest BCUT2D eigenvalue weighted by molar-refractivity contribution is 5.85. The number of carbonyl (C=O) groups excluding carboxylic acids is 2. The van der Waals surface area contributed by atoms with Crippen LogP contribution in [0.15, 0.2) is 0 Å². The topological polar surface area (TPSA) is 84.7 Å².